The lowest BCUT2D eigenvalue weighted by Gasteiger charge is -2.42. The van der Waals surface area contributed by atoms with Crippen molar-refractivity contribution in [3.8, 4) is 6.07 Å². The molecule has 2 saturated heterocycles. The predicted octanol–water partition coefficient (Wildman–Crippen LogP) is 4.02. The molecule has 2 aromatic carbocycles. The van der Waals surface area contributed by atoms with Crippen molar-refractivity contribution in [3.63, 3.8) is 0 Å². The van der Waals surface area contributed by atoms with Crippen molar-refractivity contribution >= 4 is 32.5 Å². The van der Waals surface area contributed by atoms with E-state index in [1.165, 1.54) is 17.8 Å². The molecule has 9 nitrogen and oxygen atoms in total. The number of rotatable bonds is 4. The summed E-state index contributed by atoms with van der Waals surface area (Å²) in [5.74, 6) is -0.186. The lowest BCUT2D eigenvalue weighted by atomic mass is 9.70. The van der Waals surface area contributed by atoms with E-state index in [9.17, 15) is 23.0 Å². The molecule has 1 aliphatic carbocycles. The maximum absolute atomic E-state index is 14.0. The Morgan fingerprint density at radius 1 is 1.12 bits per heavy atom. The summed E-state index contributed by atoms with van der Waals surface area (Å²) in [7, 11) is -4.65. The highest BCUT2D eigenvalue weighted by Crippen LogP contribution is 2.46. The van der Waals surface area contributed by atoms with Gasteiger partial charge in [-0.05, 0) is 54.7 Å². The fourth-order valence-corrected chi connectivity index (χ4v) is 7.48. The first-order valence-corrected chi connectivity index (χ1v) is 15.3. The number of nitrogens with one attached hydrogen (secondary N) is 1. The summed E-state index contributed by atoms with van der Waals surface area (Å²) in [5.41, 5.74) is 4.62. The number of benzene rings is 2. The van der Waals surface area contributed by atoms with Gasteiger partial charge in [-0.2, -0.15) is 13.7 Å². The average molecular weight is 563 g/mol. The van der Waals surface area contributed by atoms with Gasteiger partial charge in [-0.15, -0.1) is 0 Å². The van der Waals surface area contributed by atoms with Crippen LogP contribution in [0.2, 0.25) is 0 Å². The van der Waals surface area contributed by atoms with Crippen LogP contribution in [-0.4, -0.2) is 74.1 Å². The third kappa shape index (κ3) is 4.23. The van der Waals surface area contributed by atoms with Gasteiger partial charge in [0.25, 0.3) is 10.1 Å². The van der Waals surface area contributed by atoms with Gasteiger partial charge < -0.3 is 14.6 Å². The third-order valence-corrected chi connectivity index (χ3v) is 9.93. The molecule has 0 saturated carbocycles. The lowest BCUT2D eigenvalue weighted by Crippen LogP contribution is -2.49. The predicted molar refractivity (Wildman–Crippen MR) is 152 cm³/mol. The summed E-state index contributed by atoms with van der Waals surface area (Å²) in [5, 5.41) is 9.91. The van der Waals surface area contributed by atoms with Crippen LogP contribution in [0.25, 0.3) is 10.9 Å². The minimum atomic E-state index is -4.65. The standard InChI is InChI=1S/C30H34N4O5S/c1-4-18-13-21-23(16-25(18)34-7-5-20(6-8-34)33-9-11-39-12-10-33)30(2,3)29-27(28(21)35)22-15-26(40(36,37)38)19(17-31)14-24(22)32-29/h13-16,20,32H,4-12H2,1-3H3,(H,36,37,38). The van der Waals surface area contributed by atoms with Crippen LogP contribution in [0.5, 0.6) is 0 Å². The molecule has 3 aromatic rings. The molecule has 1 aromatic heterocycles. The zero-order chi connectivity index (χ0) is 28.4. The molecule has 0 atom stereocenters. The van der Waals surface area contributed by atoms with Crippen molar-refractivity contribution in [2.75, 3.05) is 44.3 Å². The van der Waals surface area contributed by atoms with Gasteiger partial charge >= 0.3 is 0 Å². The topological polar surface area (TPSA) is 127 Å². The number of nitriles is 1. The molecule has 0 unspecified atom stereocenters. The van der Waals surface area contributed by atoms with Crippen LogP contribution >= 0.6 is 0 Å². The molecule has 0 spiro atoms. The highest BCUT2D eigenvalue weighted by atomic mass is 32.2. The molecule has 3 heterocycles. The molecule has 2 N–H and O–H groups in total. The highest BCUT2D eigenvalue weighted by Gasteiger charge is 2.41. The number of carbonyl (C=O) groups is 1. The Hall–Kier alpha value is -3.23. The van der Waals surface area contributed by atoms with Gasteiger partial charge in [-0.3, -0.25) is 14.2 Å². The number of morpholine rings is 1. The number of fused-ring (bicyclic) bond motifs is 4. The number of piperidine rings is 1. The summed E-state index contributed by atoms with van der Waals surface area (Å²) in [6, 6.07) is 9.25. The summed E-state index contributed by atoms with van der Waals surface area (Å²) < 4.78 is 39.4. The average Bonchev–Trinajstić information content (AvgIpc) is 3.35. The largest absolute Gasteiger partial charge is 0.379 e. The number of carbonyl (C=O) groups excluding carboxylic acids is 1. The second kappa shape index (κ2) is 9.70. The van der Waals surface area contributed by atoms with E-state index in [-0.39, 0.29) is 11.3 Å². The second-order valence-corrected chi connectivity index (χ2v) is 12.9. The fourth-order valence-electron chi connectivity index (χ4n) is 6.83. The molecule has 2 aliphatic heterocycles. The summed E-state index contributed by atoms with van der Waals surface area (Å²) in [4.78, 5) is 21.9. The van der Waals surface area contributed by atoms with E-state index in [4.69, 9.17) is 4.74 Å². The number of ether oxygens (including phenoxy) is 1. The molecule has 3 aliphatic rings. The first-order chi connectivity index (χ1) is 19.0. The number of hydrogen-bond acceptors (Lipinski definition) is 7. The number of H-pyrrole nitrogens is 1. The van der Waals surface area contributed by atoms with Gasteiger partial charge in [0.1, 0.15) is 11.0 Å². The van der Waals surface area contributed by atoms with Crippen LogP contribution < -0.4 is 4.90 Å². The molecule has 10 heteroatoms. The van der Waals surface area contributed by atoms with E-state index < -0.39 is 20.4 Å². The number of nitrogens with zero attached hydrogens (tertiary/aromatic N) is 3. The highest BCUT2D eigenvalue weighted by molar-refractivity contribution is 7.86. The zero-order valence-electron chi connectivity index (χ0n) is 23.1. The van der Waals surface area contributed by atoms with Crippen LogP contribution in [0.1, 0.15) is 71.9 Å². The van der Waals surface area contributed by atoms with Crippen molar-refractivity contribution < 1.29 is 22.5 Å². The Kier molecular flexibility index (Phi) is 6.54. The van der Waals surface area contributed by atoms with Gasteiger partial charge in [-0.25, -0.2) is 0 Å². The molecule has 0 amide bonds. The minimum absolute atomic E-state index is 0.174. The first-order valence-electron chi connectivity index (χ1n) is 13.9. The Morgan fingerprint density at radius 2 is 1.82 bits per heavy atom. The molecule has 2 fully saturated rings. The molecular formula is C30H34N4O5S. The summed E-state index contributed by atoms with van der Waals surface area (Å²) in [6.45, 7) is 11.7. The zero-order valence-corrected chi connectivity index (χ0v) is 23.9. The Bertz CT molecular complexity index is 1670. The number of hydrogen-bond donors (Lipinski definition) is 2. The third-order valence-electron chi connectivity index (χ3n) is 9.03. The van der Waals surface area contributed by atoms with Crippen LogP contribution in [-0.2, 0) is 26.7 Å². The smallest absolute Gasteiger partial charge is 0.295 e. The van der Waals surface area contributed by atoms with E-state index in [0.717, 1.165) is 69.8 Å². The quantitative estimate of drug-likeness (QED) is 0.457. The van der Waals surface area contributed by atoms with Crippen molar-refractivity contribution in [2.45, 2.75) is 56.4 Å². The lowest BCUT2D eigenvalue weighted by molar-refractivity contribution is 0.0115. The van der Waals surface area contributed by atoms with Crippen molar-refractivity contribution in [1.82, 2.24) is 9.88 Å². The van der Waals surface area contributed by atoms with Crippen LogP contribution in [0, 0.1) is 11.3 Å². The van der Waals surface area contributed by atoms with Gasteiger partial charge in [0.05, 0.1) is 24.3 Å². The molecule has 6 rings (SSSR count). The van der Waals surface area contributed by atoms with E-state index in [0.29, 0.717) is 33.8 Å². The maximum Gasteiger partial charge on any atom is 0.295 e. The summed E-state index contributed by atoms with van der Waals surface area (Å²) >= 11 is 0. The van der Waals surface area contributed by atoms with E-state index >= 15 is 0 Å². The van der Waals surface area contributed by atoms with Crippen LogP contribution in [0.15, 0.2) is 29.2 Å². The SMILES string of the molecule is CCc1cc2c(cc1N1CCC(N3CCOCC3)CC1)C(C)(C)c1[nH]c3cc(C#N)c(S(=O)(=O)O)cc3c1C2=O. The van der Waals surface area contributed by atoms with Crippen molar-refractivity contribution in [2.24, 2.45) is 0 Å². The Labute approximate surface area is 234 Å². The monoisotopic (exact) mass is 562 g/mol. The van der Waals surface area contributed by atoms with Crippen LogP contribution in [0.3, 0.4) is 0 Å². The van der Waals surface area contributed by atoms with Crippen LogP contribution in [0.4, 0.5) is 5.69 Å². The number of aromatic nitrogens is 1. The number of anilines is 1. The van der Waals surface area contributed by atoms with Gasteiger partial charge in [0.15, 0.2) is 5.78 Å². The normalized spacial score (nSPS) is 19.9. The van der Waals surface area contributed by atoms with Crippen molar-refractivity contribution in [1.29, 1.82) is 5.26 Å². The van der Waals surface area contributed by atoms with E-state index in [1.807, 2.05) is 12.1 Å². The number of aromatic amines is 1. The Balaban J connectivity index is 1.41. The number of aryl methyl sites for hydroxylation is 1. The number of ketones is 1. The first kappa shape index (κ1) is 27.0. The molecular weight excluding hydrogens is 528 g/mol. The molecule has 0 bridgehead atoms. The van der Waals surface area contributed by atoms with Crippen molar-refractivity contribution in [3.05, 3.63) is 57.8 Å². The molecule has 0 radical (unpaired) electrons. The fraction of sp³-hybridized carbons (Fsp3) is 0.467. The summed E-state index contributed by atoms with van der Waals surface area (Å²) in [6.07, 6.45) is 2.96. The maximum atomic E-state index is 14.0. The molecule has 40 heavy (non-hydrogen) atoms. The van der Waals surface area contributed by atoms with Gasteiger partial charge in [-0.1, -0.05) is 20.8 Å². The van der Waals surface area contributed by atoms with E-state index in [2.05, 4.69) is 41.6 Å². The Morgan fingerprint density at radius 3 is 2.45 bits per heavy atom. The molecule has 210 valence electrons. The second-order valence-electron chi connectivity index (χ2n) is 11.6. The minimum Gasteiger partial charge on any atom is -0.379 e. The van der Waals surface area contributed by atoms with Gasteiger partial charge in [0, 0.05) is 65.5 Å². The van der Waals surface area contributed by atoms with Gasteiger partial charge in [0.2, 0.25) is 0 Å². The van der Waals surface area contributed by atoms with E-state index in [1.54, 1.807) is 0 Å².